The topological polar surface area (TPSA) is 46.9 Å². The van der Waals surface area contributed by atoms with Crippen LogP contribution in [-0.2, 0) is 17.8 Å². The van der Waals surface area contributed by atoms with Crippen molar-refractivity contribution in [2.75, 3.05) is 0 Å². The summed E-state index contributed by atoms with van der Waals surface area (Å²) in [6, 6.07) is 14.8. The van der Waals surface area contributed by atoms with Crippen molar-refractivity contribution in [3.8, 4) is 0 Å². The van der Waals surface area contributed by atoms with E-state index in [9.17, 15) is 13.6 Å². The van der Waals surface area contributed by atoms with Crippen molar-refractivity contribution in [1.82, 2.24) is 14.9 Å². The summed E-state index contributed by atoms with van der Waals surface area (Å²) in [6.07, 6.45) is 0.502. The highest BCUT2D eigenvalue weighted by Crippen LogP contribution is 2.26. The number of aromatic nitrogens is 2. The zero-order valence-corrected chi connectivity index (χ0v) is 14.5. The summed E-state index contributed by atoms with van der Waals surface area (Å²) in [5.41, 5.74) is 1.41. The monoisotopic (exact) mass is 357 g/mol. The van der Waals surface area contributed by atoms with E-state index in [0.717, 1.165) is 12.8 Å². The van der Waals surface area contributed by atoms with Crippen molar-refractivity contribution in [2.45, 2.75) is 38.8 Å². The van der Waals surface area contributed by atoms with Gasteiger partial charge in [-0.1, -0.05) is 30.3 Å². The second kappa shape index (κ2) is 8.08. The number of nitrogens with zero attached hydrogens (tertiary/aromatic N) is 2. The number of hydrogen-bond acceptors (Lipinski definition) is 2. The molecule has 0 unspecified atom stereocenters. The molecule has 0 aliphatic rings. The standard InChI is InChI=1S/C20H21F2N3O/c1-14(9-10-15-6-3-2-4-7-15)24-18(26)13-25-17(19(21)22)12-16-8-5-11-23-20(16)25/h2-8,11-12,14,19H,9-10,13H2,1H3,(H,24,26)/t14-/m1/s1. The highest BCUT2D eigenvalue weighted by molar-refractivity contribution is 5.82. The maximum atomic E-state index is 13.3. The maximum Gasteiger partial charge on any atom is 0.278 e. The van der Waals surface area contributed by atoms with Gasteiger partial charge in [0.15, 0.2) is 0 Å². The van der Waals surface area contributed by atoms with Crippen molar-refractivity contribution < 1.29 is 13.6 Å². The molecule has 2 aromatic heterocycles. The quantitative estimate of drug-likeness (QED) is 0.692. The number of nitrogens with one attached hydrogen (secondary N) is 1. The molecule has 6 heteroatoms. The minimum absolute atomic E-state index is 0.0486. The number of halogens is 2. The second-order valence-corrected chi connectivity index (χ2v) is 6.37. The molecule has 0 saturated heterocycles. The third kappa shape index (κ3) is 4.25. The Kier molecular flexibility index (Phi) is 5.61. The maximum absolute atomic E-state index is 13.3. The Morgan fingerprint density at radius 1 is 1.19 bits per heavy atom. The summed E-state index contributed by atoms with van der Waals surface area (Å²) >= 11 is 0. The highest BCUT2D eigenvalue weighted by atomic mass is 19.3. The van der Waals surface area contributed by atoms with Gasteiger partial charge in [0, 0.05) is 17.6 Å². The van der Waals surface area contributed by atoms with Gasteiger partial charge < -0.3 is 9.88 Å². The van der Waals surface area contributed by atoms with Gasteiger partial charge in [-0.2, -0.15) is 0 Å². The van der Waals surface area contributed by atoms with E-state index in [0.29, 0.717) is 11.0 Å². The molecule has 0 saturated carbocycles. The van der Waals surface area contributed by atoms with Crippen LogP contribution in [0.25, 0.3) is 11.0 Å². The van der Waals surface area contributed by atoms with Gasteiger partial charge in [0.1, 0.15) is 12.2 Å². The van der Waals surface area contributed by atoms with Gasteiger partial charge in [0.25, 0.3) is 6.43 Å². The summed E-state index contributed by atoms with van der Waals surface area (Å²) < 4.78 is 27.9. The molecule has 0 spiro atoms. The van der Waals surface area contributed by atoms with Crippen molar-refractivity contribution in [2.24, 2.45) is 0 Å². The minimum atomic E-state index is -2.66. The molecule has 0 aliphatic heterocycles. The Hall–Kier alpha value is -2.76. The zero-order chi connectivity index (χ0) is 18.5. The van der Waals surface area contributed by atoms with Gasteiger partial charge in [-0.25, -0.2) is 13.8 Å². The van der Waals surface area contributed by atoms with Crippen molar-refractivity contribution >= 4 is 16.9 Å². The predicted octanol–water partition coefficient (Wildman–Crippen LogP) is 4.11. The van der Waals surface area contributed by atoms with Crippen LogP contribution in [0, 0.1) is 0 Å². The van der Waals surface area contributed by atoms with Gasteiger partial charge in [0.05, 0.1) is 5.69 Å². The summed E-state index contributed by atoms with van der Waals surface area (Å²) in [5, 5.41) is 3.49. The third-order valence-electron chi connectivity index (χ3n) is 4.33. The average molecular weight is 357 g/mol. The van der Waals surface area contributed by atoms with Crippen LogP contribution in [0.1, 0.15) is 31.0 Å². The Balaban J connectivity index is 1.64. The number of hydrogen-bond donors (Lipinski definition) is 1. The summed E-state index contributed by atoms with van der Waals surface area (Å²) in [7, 11) is 0. The van der Waals surface area contributed by atoms with Crippen LogP contribution in [0.5, 0.6) is 0 Å². The number of pyridine rings is 1. The Morgan fingerprint density at radius 2 is 1.96 bits per heavy atom. The summed E-state index contributed by atoms with van der Waals surface area (Å²) in [6.45, 7) is 1.75. The lowest BCUT2D eigenvalue weighted by atomic mass is 10.1. The highest BCUT2D eigenvalue weighted by Gasteiger charge is 2.19. The normalized spacial score (nSPS) is 12.5. The van der Waals surface area contributed by atoms with E-state index in [1.165, 1.54) is 22.4 Å². The van der Waals surface area contributed by atoms with Crippen LogP contribution in [0.15, 0.2) is 54.7 Å². The molecule has 1 N–H and O–H groups in total. The van der Waals surface area contributed by atoms with Gasteiger partial charge in [0.2, 0.25) is 5.91 Å². The van der Waals surface area contributed by atoms with E-state index < -0.39 is 6.43 Å². The number of amides is 1. The zero-order valence-electron chi connectivity index (χ0n) is 14.5. The molecular formula is C20H21F2N3O. The summed E-state index contributed by atoms with van der Waals surface area (Å²) in [5.74, 6) is -0.296. The molecule has 0 fully saturated rings. The lowest BCUT2D eigenvalue weighted by molar-refractivity contribution is -0.122. The fraction of sp³-hybridized carbons (Fsp3) is 0.300. The number of fused-ring (bicyclic) bond motifs is 1. The first-order valence-electron chi connectivity index (χ1n) is 8.60. The van der Waals surface area contributed by atoms with Crippen LogP contribution in [0.4, 0.5) is 8.78 Å². The summed E-state index contributed by atoms with van der Waals surface area (Å²) in [4.78, 5) is 16.5. The van der Waals surface area contributed by atoms with Crippen LogP contribution in [0.3, 0.4) is 0 Å². The van der Waals surface area contributed by atoms with E-state index in [2.05, 4.69) is 10.3 Å². The van der Waals surface area contributed by atoms with Crippen LogP contribution in [-0.4, -0.2) is 21.5 Å². The second-order valence-electron chi connectivity index (χ2n) is 6.37. The van der Waals surface area contributed by atoms with E-state index in [1.54, 1.807) is 12.1 Å². The largest absolute Gasteiger partial charge is 0.352 e. The molecule has 1 aromatic carbocycles. The van der Waals surface area contributed by atoms with Crippen molar-refractivity contribution in [3.05, 3.63) is 66.0 Å². The smallest absolute Gasteiger partial charge is 0.278 e. The number of carbonyl (C=O) groups is 1. The molecule has 26 heavy (non-hydrogen) atoms. The fourth-order valence-corrected chi connectivity index (χ4v) is 3.02. The molecule has 3 aromatic rings. The molecule has 4 nitrogen and oxygen atoms in total. The van der Waals surface area contributed by atoms with Gasteiger partial charge in [-0.3, -0.25) is 4.79 Å². The molecule has 3 rings (SSSR count). The van der Waals surface area contributed by atoms with Crippen LogP contribution < -0.4 is 5.32 Å². The van der Waals surface area contributed by atoms with E-state index in [4.69, 9.17) is 0 Å². The molecule has 1 amide bonds. The van der Waals surface area contributed by atoms with E-state index >= 15 is 0 Å². The van der Waals surface area contributed by atoms with Gasteiger partial charge in [-0.15, -0.1) is 0 Å². The molecule has 0 radical (unpaired) electrons. The van der Waals surface area contributed by atoms with Crippen LogP contribution in [0.2, 0.25) is 0 Å². The molecule has 2 heterocycles. The van der Waals surface area contributed by atoms with Gasteiger partial charge >= 0.3 is 0 Å². The SMILES string of the molecule is C[C@H](CCc1ccccc1)NC(=O)Cn1c(C(F)F)cc2cccnc21. The molecule has 136 valence electrons. The number of carbonyl (C=O) groups excluding carboxylic acids is 1. The molecule has 1 atom stereocenters. The minimum Gasteiger partial charge on any atom is -0.352 e. The lowest BCUT2D eigenvalue weighted by Crippen LogP contribution is -2.35. The van der Waals surface area contributed by atoms with E-state index in [-0.39, 0.29) is 24.2 Å². The number of alkyl halides is 2. The van der Waals surface area contributed by atoms with Crippen molar-refractivity contribution in [3.63, 3.8) is 0 Å². The molecule has 0 bridgehead atoms. The first-order valence-corrected chi connectivity index (χ1v) is 8.60. The number of rotatable bonds is 7. The number of aryl methyl sites for hydroxylation is 1. The fourth-order valence-electron chi connectivity index (χ4n) is 3.02. The molecule has 0 aliphatic carbocycles. The van der Waals surface area contributed by atoms with Crippen LogP contribution >= 0.6 is 0 Å². The lowest BCUT2D eigenvalue weighted by Gasteiger charge is -2.15. The first-order chi connectivity index (χ1) is 12.5. The Morgan fingerprint density at radius 3 is 2.69 bits per heavy atom. The Bertz CT molecular complexity index is 877. The third-order valence-corrected chi connectivity index (χ3v) is 4.33. The van der Waals surface area contributed by atoms with Crippen molar-refractivity contribution in [1.29, 1.82) is 0 Å². The molecular weight excluding hydrogens is 336 g/mol. The Labute approximate surface area is 150 Å². The average Bonchev–Trinajstić information content (AvgIpc) is 3.00. The first kappa shape index (κ1) is 18.0. The van der Waals surface area contributed by atoms with E-state index in [1.807, 2.05) is 37.3 Å². The number of benzene rings is 1. The van der Waals surface area contributed by atoms with Gasteiger partial charge in [-0.05, 0) is 43.5 Å². The predicted molar refractivity (Wildman–Crippen MR) is 97.1 cm³/mol.